The Labute approximate surface area is 116 Å². The number of rotatable bonds is 10. The van der Waals surface area contributed by atoms with Crippen molar-refractivity contribution < 1.29 is 18.1 Å². The molecular formula is C12H26O4SSi. The summed E-state index contributed by atoms with van der Waals surface area (Å²) in [6.45, 7) is 4.17. The van der Waals surface area contributed by atoms with Gasteiger partial charge in [-0.2, -0.15) is 0 Å². The van der Waals surface area contributed by atoms with Crippen molar-refractivity contribution in [2.45, 2.75) is 45.1 Å². The van der Waals surface area contributed by atoms with E-state index in [9.17, 15) is 4.79 Å². The lowest BCUT2D eigenvalue weighted by atomic mass is 10.2. The van der Waals surface area contributed by atoms with Crippen molar-refractivity contribution in [2.75, 3.05) is 27.1 Å². The largest absolute Gasteiger partial charge is 0.503 e. The van der Waals surface area contributed by atoms with Crippen LogP contribution in [-0.2, 0) is 18.1 Å². The molecule has 0 aliphatic rings. The van der Waals surface area contributed by atoms with Gasteiger partial charge in [0.25, 0.3) is 0 Å². The standard InChI is InChI=1S/C12H26O4SSi/c1-6-8-11(10-12(13)17-9-7-2)18(14-3,15-4)16-5/h11H,6-10H2,1-5H3. The summed E-state index contributed by atoms with van der Waals surface area (Å²) in [6, 6.07) is 0. The first-order valence-corrected chi connectivity index (χ1v) is 9.19. The minimum absolute atomic E-state index is 0.0550. The predicted octanol–water partition coefficient (Wildman–Crippen LogP) is 3.09. The van der Waals surface area contributed by atoms with Crippen LogP contribution in [0.25, 0.3) is 0 Å². The molecule has 0 aromatic heterocycles. The zero-order valence-electron chi connectivity index (χ0n) is 12.2. The number of carbonyl (C=O) groups is 1. The highest BCUT2D eigenvalue weighted by Gasteiger charge is 2.47. The second-order valence-corrected chi connectivity index (χ2v) is 8.53. The Morgan fingerprint density at radius 1 is 1.11 bits per heavy atom. The summed E-state index contributed by atoms with van der Waals surface area (Å²) in [5.41, 5.74) is 0.0550. The van der Waals surface area contributed by atoms with Gasteiger partial charge < -0.3 is 13.3 Å². The molecule has 0 aliphatic carbocycles. The van der Waals surface area contributed by atoms with Crippen LogP contribution in [0.3, 0.4) is 0 Å². The topological polar surface area (TPSA) is 44.8 Å². The first kappa shape index (κ1) is 18.1. The van der Waals surface area contributed by atoms with E-state index in [0.717, 1.165) is 25.0 Å². The fourth-order valence-electron chi connectivity index (χ4n) is 1.98. The molecule has 0 amide bonds. The van der Waals surface area contributed by atoms with Gasteiger partial charge in [-0.3, -0.25) is 4.79 Å². The third kappa shape index (κ3) is 5.40. The average Bonchev–Trinajstić information content (AvgIpc) is 2.39. The number of thioether (sulfide) groups is 1. The van der Waals surface area contributed by atoms with Crippen molar-refractivity contribution in [2.24, 2.45) is 0 Å². The smallest absolute Gasteiger partial charge is 0.377 e. The molecule has 6 heteroatoms. The van der Waals surface area contributed by atoms with Crippen molar-refractivity contribution in [3.63, 3.8) is 0 Å². The molecule has 0 rings (SSSR count). The predicted molar refractivity (Wildman–Crippen MR) is 77.8 cm³/mol. The van der Waals surface area contributed by atoms with Gasteiger partial charge >= 0.3 is 8.80 Å². The SMILES string of the molecule is CCCSC(=O)CC(CCC)[Si](OC)(OC)OC. The first-order chi connectivity index (χ1) is 8.60. The van der Waals surface area contributed by atoms with Crippen LogP contribution in [0, 0.1) is 0 Å². The van der Waals surface area contributed by atoms with Crippen LogP contribution in [-0.4, -0.2) is 41.0 Å². The van der Waals surface area contributed by atoms with E-state index in [1.165, 1.54) is 11.8 Å². The fourth-order valence-corrected chi connectivity index (χ4v) is 5.45. The molecule has 18 heavy (non-hydrogen) atoms. The average molecular weight is 294 g/mol. The third-order valence-corrected chi connectivity index (χ3v) is 7.17. The molecule has 0 bridgehead atoms. The zero-order valence-corrected chi connectivity index (χ0v) is 14.0. The van der Waals surface area contributed by atoms with E-state index in [-0.39, 0.29) is 10.7 Å². The number of hydrogen-bond acceptors (Lipinski definition) is 5. The minimum Gasteiger partial charge on any atom is -0.377 e. The van der Waals surface area contributed by atoms with E-state index < -0.39 is 8.80 Å². The molecule has 0 saturated heterocycles. The van der Waals surface area contributed by atoms with Crippen molar-refractivity contribution >= 4 is 25.7 Å². The summed E-state index contributed by atoms with van der Waals surface area (Å²) >= 11 is 1.39. The van der Waals surface area contributed by atoms with Crippen LogP contribution in [0.1, 0.15) is 39.5 Å². The van der Waals surface area contributed by atoms with Gasteiger partial charge in [0, 0.05) is 39.0 Å². The maximum atomic E-state index is 11.9. The van der Waals surface area contributed by atoms with E-state index in [2.05, 4.69) is 13.8 Å². The normalized spacial score (nSPS) is 13.6. The lowest BCUT2D eigenvalue weighted by molar-refractivity contribution is -0.111. The van der Waals surface area contributed by atoms with Gasteiger partial charge in [0.15, 0.2) is 5.12 Å². The summed E-state index contributed by atoms with van der Waals surface area (Å²) < 4.78 is 16.5. The van der Waals surface area contributed by atoms with E-state index >= 15 is 0 Å². The monoisotopic (exact) mass is 294 g/mol. The Balaban J connectivity index is 4.66. The van der Waals surface area contributed by atoms with Gasteiger partial charge in [0.2, 0.25) is 0 Å². The lowest BCUT2D eigenvalue weighted by Crippen LogP contribution is -2.48. The van der Waals surface area contributed by atoms with Crippen LogP contribution < -0.4 is 0 Å². The molecule has 0 aliphatic heterocycles. The Hall–Kier alpha value is 0.117. The molecular weight excluding hydrogens is 268 g/mol. The summed E-state index contributed by atoms with van der Waals surface area (Å²) in [5.74, 6) is 0.874. The zero-order chi connectivity index (χ0) is 14.0. The van der Waals surface area contributed by atoms with Crippen LogP contribution >= 0.6 is 11.8 Å². The Kier molecular flexibility index (Phi) is 10.0. The summed E-state index contributed by atoms with van der Waals surface area (Å²) in [4.78, 5) is 11.9. The third-order valence-electron chi connectivity index (χ3n) is 2.87. The summed E-state index contributed by atoms with van der Waals surface area (Å²) in [5, 5.41) is 0.207. The maximum absolute atomic E-state index is 11.9. The molecule has 0 spiro atoms. The van der Waals surface area contributed by atoms with Gasteiger partial charge in [-0.15, -0.1) is 0 Å². The highest BCUT2D eigenvalue weighted by molar-refractivity contribution is 8.13. The number of hydrogen-bond donors (Lipinski definition) is 0. The molecule has 0 aromatic rings. The van der Waals surface area contributed by atoms with E-state index in [4.69, 9.17) is 13.3 Å². The van der Waals surface area contributed by atoms with Gasteiger partial charge in [-0.05, 0) is 12.8 Å². The number of carbonyl (C=O) groups excluding carboxylic acids is 1. The van der Waals surface area contributed by atoms with Gasteiger partial charge in [0.1, 0.15) is 0 Å². The quantitative estimate of drug-likeness (QED) is 0.579. The lowest BCUT2D eigenvalue weighted by Gasteiger charge is -2.31. The van der Waals surface area contributed by atoms with E-state index in [1.54, 1.807) is 21.3 Å². The molecule has 1 unspecified atom stereocenters. The summed E-state index contributed by atoms with van der Waals surface area (Å²) in [6.07, 6.45) is 3.36. The van der Waals surface area contributed by atoms with Crippen LogP contribution in [0.2, 0.25) is 5.54 Å². The molecule has 0 N–H and O–H groups in total. The van der Waals surface area contributed by atoms with Crippen molar-refractivity contribution in [3.8, 4) is 0 Å². The maximum Gasteiger partial charge on any atom is 0.503 e. The Bertz CT molecular complexity index is 226. The second-order valence-electron chi connectivity index (χ2n) is 4.13. The second kappa shape index (κ2) is 9.97. The van der Waals surface area contributed by atoms with E-state index in [1.807, 2.05) is 0 Å². The van der Waals surface area contributed by atoms with Gasteiger partial charge in [-0.1, -0.05) is 32.0 Å². The fraction of sp³-hybridized carbons (Fsp3) is 0.917. The molecule has 0 radical (unpaired) electrons. The Morgan fingerprint density at radius 2 is 1.67 bits per heavy atom. The van der Waals surface area contributed by atoms with Crippen LogP contribution in [0.4, 0.5) is 0 Å². The highest BCUT2D eigenvalue weighted by Crippen LogP contribution is 2.33. The summed E-state index contributed by atoms with van der Waals surface area (Å²) in [7, 11) is 2.10. The molecule has 0 fully saturated rings. The minimum atomic E-state index is -2.70. The molecule has 0 aromatic carbocycles. The van der Waals surface area contributed by atoms with E-state index in [0.29, 0.717) is 6.42 Å². The van der Waals surface area contributed by atoms with Crippen molar-refractivity contribution in [3.05, 3.63) is 0 Å². The van der Waals surface area contributed by atoms with Crippen molar-refractivity contribution in [1.29, 1.82) is 0 Å². The Morgan fingerprint density at radius 3 is 2.06 bits per heavy atom. The molecule has 0 heterocycles. The highest BCUT2D eigenvalue weighted by atomic mass is 32.2. The van der Waals surface area contributed by atoms with Gasteiger partial charge in [-0.25, -0.2) is 0 Å². The molecule has 1 atom stereocenters. The first-order valence-electron chi connectivity index (χ1n) is 6.41. The van der Waals surface area contributed by atoms with Gasteiger partial charge in [0.05, 0.1) is 0 Å². The molecule has 4 nitrogen and oxygen atoms in total. The van der Waals surface area contributed by atoms with Crippen LogP contribution in [0.15, 0.2) is 0 Å². The van der Waals surface area contributed by atoms with Crippen molar-refractivity contribution in [1.82, 2.24) is 0 Å². The van der Waals surface area contributed by atoms with Crippen LogP contribution in [0.5, 0.6) is 0 Å². The molecule has 108 valence electrons. The molecule has 0 saturated carbocycles.